The third-order valence-corrected chi connectivity index (χ3v) is 2.06. The molecule has 2 rings (SSSR count). The number of benzene rings is 1. The lowest BCUT2D eigenvalue weighted by Crippen LogP contribution is -1.98. The Labute approximate surface area is 84.1 Å². The molecule has 1 aromatic carbocycles. The van der Waals surface area contributed by atoms with E-state index in [1.807, 2.05) is 0 Å². The highest BCUT2D eigenvalue weighted by Crippen LogP contribution is 2.24. The van der Waals surface area contributed by atoms with Gasteiger partial charge in [0.05, 0.1) is 16.4 Å². The Morgan fingerprint density at radius 2 is 1.93 bits per heavy atom. The van der Waals surface area contributed by atoms with Crippen LogP contribution in [0.4, 0.5) is 10.1 Å². The van der Waals surface area contributed by atoms with Crippen LogP contribution in [0.15, 0.2) is 24.8 Å². The summed E-state index contributed by atoms with van der Waals surface area (Å²) in [5.41, 5.74) is 6.45. The molecular formula is C8H6ClFN4. The molecule has 2 aromatic rings. The van der Waals surface area contributed by atoms with Crippen LogP contribution in [0.1, 0.15) is 0 Å². The van der Waals surface area contributed by atoms with E-state index >= 15 is 0 Å². The third-order valence-electron chi connectivity index (χ3n) is 1.77. The molecule has 0 spiro atoms. The standard InChI is InChI=1S/C8H6ClFN4/c9-5-1-8(7(11)2-6(5)10)14-3-12-13-4-14/h1-4H,11H2. The maximum atomic E-state index is 12.9. The number of halogens is 2. The molecule has 0 saturated carbocycles. The van der Waals surface area contributed by atoms with Crippen molar-refractivity contribution in [3.8, 4) is 5.69 Å². The molecular weight excluding hydrogens is 207 g/mol. The molecule has 0 saturated heterocycles. The van der Waals surface area contributed by atoms with Crippen molar-refractivity contribution in [2.24, 2.45) is 0 Å². The molecule has 1 aromatic heterocycles. The van der Waals surface area contributed by atoms with Crippen LogP contribution in [-0.4, -0.2) is 14.8 Å². The van der Waals surface area contributed by atoms with Gasteiger partial charge in [0.15, 0.2) is 0 Å². The van der Waals surface area contributed by atoms with Crippen molar-refractivity contribution < 1.29 is 4.39 Å². The lowest BCUT2D eigenvalue weighted by atomic mass is 10.2. The van der Waals surface area contributed by atoms with Crippen LogP contribution in [0.2, 0.25) is 5.02 Å². The molecule has 0 bridgehead atoms. The maximum Gasteiger partial charge on any atom is 0.143 e. The number of nitrogen functional groups attached to an aromatic ring is 1. The van der Waals surface area contributed by atoms with E-state index in [2.05, 4.69) is 10.2 Å². The van der Waals surface area contributed by atoms with E-state index < -0.39 is 5.82 Å². The Kier molecular flexibility index (Phi) is 2.09. The minimum atomic E-state index is -0.541. The first-order valence-corrected chi connectivity index (χ1v) is 4.16. The van der Waals surface area contributed by atoms with Gasteiger partial charge in [0, 0.05) is 6.07 Å². The molecule has 0 aliphatic rings. The Morgan fingerprint density at radius 3 is 2.57 bits per heavy atom. The van der Waals surface area contributed by atoms with Crippen molar-refractivity contribution in [2.45, 2.75) is 0 Å². The smallest absolute Gasteiger partial charge is 0.143 e. The second kappa shape index (κ2) is 3.26. The second-order valence-corrected chi connectivity index (χ2v) is 3.10. The lowest BCUT2D eigenvalue weighted by molar-refractivity contribution is 0.628. The summed E-state index contributed by atoms with van der Waals surface area (Å²) in [5.74, 6) is -0.541. The van der Waals surface area contributed by atoms with Crippen molar-refractivity contribution in [3.05, 3.63) is 35.6 Å². The zero-order chi connectivity index (χ0) is 10.1. The van der Waals surface area contributed by atoms with Crippen LogP contribution < -0.4 is 5.73 Å². The van der Waals surface area contributed by atoms with Crippen molar-refractivity contribution >= 4 is 17.3 Å². The molecule has 0 unspecified atom stereocenters. The van der Waals surface area contributed by atoms with Gasteiger partial charge in [0.1, 0.15) is 18.5 Å². The summed E-state index contributed by atoms with van der Waals surface area (Å²) in [4.78, 5) is 0. The average molecular weight is 213 g/mol. The van der Waals surface area contributed by atoms with Crippen LogP contribution in [0, 0.1) is 5.82 Å². The number of hydrogen-bond acceptors (Lipinski definition) is 3. The van der Waals surface area contributed by atoms with Gasteiger partial charge >= 0.3 is 0 Å². The third kappa shape index (κ3) is 1.42. The van der Waals surface area contributed by atoms with Crippen LogP contribution in [0.5, 0.6) is 0 Å². The van der Waals surface area contributed by atoms with E-state index in [-0.39, 0.29) is 10.7 Å². The molecule has 14 heavy (non-hydrogen) atoms. The maximum absolute atomic E-state index is 12.9. The van der Waals surface area contributed by atoms with Gasteiger partial charge in [0.25, 0.3) is 0 Å². The molecule has 2 N–H and O–H groups in total. The monoisotopic (exact) mass is 212 g/mol. The van der Waals surface area contributed by atoms with Crippen LogP contribution in [0.3, 0.4) is 0 Å². The number of nitrogens with zero attached hydrogens (tertiary/aromatic N) is 3. The number of hydrogen-bond donors (Lipinski definition) is 1. The van der Waals surface area contributed by atoms with Gasteiger partial charge in [0.2, 0.25) is 0 Å². The van der Waals surface area contributed by atoms with Gasteiger partial charge in [-0.15, -0.1) is 10.2 Å². The molecule has 0 radical (unpaired) electrons. The van der Waals surface area contributed by atoms with Crippen LogP contribution >= 0.6 is 11.6 Å². The Hall–Kier alpha value is -1.62. The van der Waals surface area contributed by atoms with E-state index in [1.165, 1.54) is 18.7 Å². The summed E-state index contributed by atoms with van der Waals surface area (Å²) < 4.78 is 14.5. The quantitative estimate of drug-likeness (QED) is 0.732. The van der Waals surface area contributed by atoms with Crippen LogP contribution in [0.25, 0.3) is 5.69 Å². The predicted octanol–water partition coefficient (Wildman–Crippen LogP) is 1.64. The van der Waals surface area contributed by atoms with E-state index in [4.69, 9.17) is 17.3 Å². The van der Waals surface area contributed by atoms with E-state index in [0.29, 0.717) is 5.69 Å². The zero-order valence-electron chi connectivity index (χ0n) is 6.98. The Balaban J connectivity index is 2.60. The molecule has 4 nitrogen and oxygen atoms in total. The number of nitrogens with two attached hydrogens (primary N) is 1. The predicted molar refractivity (Wildman–Crippen MR) is 50.7 cm³/mol. The lowest BCUT2D eigenvalue weighted by Gasteiger charge is -2.06. The molecule has 72 valence electrons. The fourth-order valence-corrected chi connectivity index (χ4v) is 1.26. The first-order chi connectivity index (χ1) is 6.68. The molecule has 6 heteroatoms. The van der Waals surface area contributed by atoms with E-state index in [9.17, 15) is 4.39 Å². The molecule has 0 amide bonds. The fraction of sp³-hybridized carbons (Fsp3) is 0. The fourth-order valence-electron chi connectivity index (χ4n) is 1.10. The van der Waals surface area contributed by atoms with Gasteiger partial charge in [-0.3, -0.25) is 4.57 Å². The van der Waals surface area contributed by atoms with Gasteiger partial charge in [-0.1, -0.05) is 11.6 Å². The summed E-state index contributed by atoms with van der Waals surface area (Å²) in [6.45, 7) is 0. The summed E-state index contributed by atoms with van der Waals surface area (Å²) >= 11 is 5.62. The Morgan fingerprint density at radius 1 is 1.29 bits per heavy atom. The summed E-state index contributed by atoms with van der Waals surface area (Å²) in [7, 11) is 0. The topological polar surface area (TPSA) is 56.7 Å². The summed E-state index contributed by atoms with van der Waals surface area (Å²) in [5, 5.41) is 7.24. The van der Waals surface area contributed by atoms with Gasteiger partial charge < -0.3 is 5.73 Å². The summed E-state index contributed by atoms with van der Waals surface area (Å²) in [6.07, 6.45) is 2.92. The zero-order valence-corrected chi connectivity index (χ0v) is 7.74. The van der Waals surface area contributed by atoms with Gasteiger partial charge in [-0.25, -0.2) is 4.39 Å². The molecule has 1 heterocycles. The van der Waals surface area contributed by atoms with Gasteiger partial charge in [-0.2, -0.15) is 0 Å². The molecule has 0 atom stereocenters. The van der Waals surface area contributed by atoms with Crippen molar-refractivity contribution in [3.63, 3.8) is 0 Å². The van der Waals surface area contributed by atoms with Crippen LogP contribution in [-0.2, 0) is 0 Å². The highest BCUT2D eigenvalue weighted by molar-refractivity contribution is 6.31. The largest absolute Gasteiger partial charge is 0.397 e. The van der Waals surface area contributed by atoms with Crippen molar-refractivity contribution in [1.29, 1.82) is 0 Å². The first kappa shape index (κ1) is 8.96. The molecule has 0 aliphatic carbocycles. The molecule has 0 fully saturated rings. The van der Waals surface area contributed by atoms with E-state index in [0.717, 1.165) is 6.07 Å². The number of anilines is 1. The highest BCUT2D eigenvalue weighted by atomic mass is 35.5. The highest BCUT2D eigenvalue weighted by Gasteiger charge is 2.07. The summed E-state index contributed by atoms with van der Waals surface area (Å²) in [6, 6.07) is 2.59. The minimum Gasteiger partial charge on any atom is -0.397 e. The number of aromatic nitrogens is 3. The normalized spacial score (nSPS) is 10.4. The van der Waals surface area contributed by atoms with E-state index in [1.54, 1.807) is 4.57 Å². The van der Waals surface area contributed by atoms with Crippen molar-refractivity contribution in [1.82, 2.24) is 14.8 Å². The minimum absolute atomic E-state index is 0.0166. The second-order valence-electron chi connectivity index (χ2n) is 2.69. The van der Waals surface area contributed by atoms with Gasteiger partial charge in [-0.05, 0) is 6.07 Å². The first-order valence-electron chi connectivity index (χ1n) is 3.78. The molecule has 0 aliphatic heterocycles. The van der Waals surface area contributed by atoms with Crippen molar-refractivity contribution in [2.75, 3.05) is 5.73 Å². The SMILES string of the molecule is Nc1cc(F)c(Cl)cc1-n1cnnc1. The number of rotatable bonds is 1. The Bertz CT molecular complexity index is 455. The average Bonchev–Trinajstić information content (AvgIpc) is 2.64.